The van der Waals surface area contributed by atoms with E-state index in [1.165, 1.54) is 0 Å². The first-order chi connectivity index (χ1) is 2.00. The molecule has 0 aliphatic heterocycles. The van der Waals surface area contributed by atoms with Crippen LogP contribution < -0.4 is 0 Å². The van der Waals surface area contributed by atoms with Crippen molar-refractivity contribution in [3.63, 3.8) is 0 Å². The Morgan fingerprint density at radius 1 is 1.00 bits per heavy atom. The molecule has 0 amide bonds. The van der Waals surface area contributed by atoms with Gasteiger partial charge in [0, 0.05) is 39.0 Å². The minimum absolute atomic E-state index is 0. The van der Waals surface area contributed by atoms with Gasteiger partial charge in [-0.25, -0.2) is 0 Å². The minimum atomic E-state index is -4.67. The van der Waals surface area contributed by atoms with Crippen LogP contribution >= 0.6 is 0 Å². The van der Waals surface area contributed by atoms with E-state index in [-0.39, 0.29) is 90.3 Å². The van der Waals surface area contributed by atoms with E-state index in [2.05, 4.69) is 0 Å². The molecule has 8 heavy (non-hydrogen) atoms. The van der Waals surface area contributed by atoms with E-state index < -0.39 is 10.4 Å². The summed E-state index contributed by atoms with van der Waals surface area (Å²) in [4.78, 5) is 0. The standard InChI is InChI=1S/K.H2O4S.2Rh.H/c;1-5(2,3)4;;;/h;(H2,1,2,3,4);;;. The molecule has 0 spiro atoms. The Bertz CT molecular complexity index is 97.2. The molecular weight excluding hydrogens is 341 g/mol. The molecule has 0 heterocycles. The summed E-state index contributed by atoms with van der Waals surface area (Å²) in [5.74, 6) is 0. The van der Waals surface area contributed by atoms with Gasteiger partial charge in [-0.05, 0) is 0 Å². The molecule has 0 rings (SSSR count). The first kappa shape index (κ1) is 22.4. The molecule has 0 unspecified atom stereocenters. The van der Waals surface area contributed by atoms with Crippen LogP contribution in [0.15, 0.2) is 0 Å². The van der Waals surface area contributed by atoms with Gasteiger partial charge in [0.2, 0.25) is 0 Å². The molecule has 0 aromatic rings. The van der Waals surface area contributed by atoms with Crippen molar-refractivity contribution in [1.29, 1.82) is 0 Å². The van der Waals surface area contributed by atoms with E-state index in [0.29, 0.717) is 0 Å². The van der Waals surface area contributed by atoms with Crippen molar-refractivity contribution in [2.75, 3.05) is 0 Å². The molecule has 0 saturated carbocycles. The van der Waals surface area contributed by atoms with Gasteiger partial charge >= 0.3 is 61.8 Å². The fourth-order valence-corrected chi connectivity index (χ4v) is 0. The number of rotatable bonds is 0. The van der Waals surface area contributed by atoms with Gasteiger partial charge in [-0.3, -0.25) is 9.11 Å². The molecule has 0 aliphatic rings. The van der Waals surface area contributed by atoms with Gasteiger partial charge < -0.3 is 0 Å². The third-order valence-electron chi connectivity index (χ3n) is 0. The Morgan fingerprint density at radius 2 is 1.00 bits per heavy atom. The predicted octanol–water partition coefficient (Wildman–Crippen LogP) is -1.31. The zero-order valence-electron chi connectivity index (χ0n) is 2.79. The fraction of sp³-hybridized carbons (Fsp3) is 0. The first-order valence-electron chi connectivity index (χ1n) is 0.698. The van der Waals surface area contributed by atoms with E-state index in [9.17, 15) is 0 Å². The average Bonchev–Trinajstić information content (AvgIpc) is 0.722. The van der Waals surface area contributed by atoms with Crippen molar-refractivity contribution in [1.82, 2.24) is 0 Å². The van der Waals surface area contributed by atoms with Crippen molar-refractivity contribution in [2.24, 2.45) is 0 Å². The number of hydrogen-bond acceptors (Lipinski definition) is 2. The molecule has 0 saturated heterocycles. The second kappa shape index (κ2) is 9.75. The molecule has 2 N–H and O–H groups in total. The summed E-state index contributed by atoms with van der Waals surface area (Å²) in [6, 6.07) is 0. The second-order valence-corrected chi connectivity index (χ2v) is 1.34. The maximum atomic E-state index is 8.74. The fourth-order valence-electron chi connectivity index (χ4n) is 0. The molecule has 8 heteroatoms. The van der Waals surface area contributed by atoms with Crippen LogP contribution in [0.3, 0.4) is 0 Å². The van der Waals surface area contributed by atoms with Crippen molar-refractivity contribution < 1.29 is 56.5 Å². The number of hydrogen-bond donors (Lipinski definition) is 2. The first-order valence-corrected chi connectivity index (χ1v) is 2.10. The monoisotopic (exact) mass is 344 g/mol. The second-order valence-electron chi connectivity index (χ2n) is 0.448. The van der Waals surface area contributed by atoms with Crippen molar-refractivity contribution in [3.8, 4) is 0 Å². The van der Waals surface area contributed by atoms with Gasteiger partial charge in [-0.2, -0.15) is 8.42 Å². The zero-order valence-corrected chi connectivity index (χ0v) is 6.88. The summed E-state index contributed by atoms with van der Waals surface area (Å²) in [7, 11) is -4.67. The summed E-state index contributed by atoms with van der Waals surface area (Å²) in [6.07, 6.45) is 0. The SMILES string of the molecule is O=S(=O)(O)O.[KH].[Rh].[Rh]. The van der Waals surface area contributed by atoms with E-state index in [4.69, 9.17) is 17.5 Å². The molecule has 52 valence electrons. The quantitative estimate of drug-likeness (QED) is 0.423. The normalized spacial score (nSPS) is 7.25. The topological polar surface area (TPSA) is 74.6 Å². The molecule has 0 aliphatic carbocycles. The van der Waals surface area contributed by atoms with Crippen molar-refractivity contribution >= 4 is 61.8 Å². The summed E-state index contributed by atoms with van der Waals surface area (Å²) in [6.45, 7) is 0. The molecule has 0 aromatic heterocycles. The van der Waals surface area contributed by atoms with Gasteiger partial charge in [0.15, 0.2) is 0 Å². The molecule has 2 radical (unpaired) electrons. The van der Waals surface area contributed by atoms with Crippen LogP contribution in [0.2, 0.25) is 0 Å². The average molecular weight is 344 g/mol. The molecular formula is H3KO4Rh2S. The van der Waals surface area contributed by atoms with Crippen LogP contribution in [0.1, 0.15) is 0 Å². The third kappa shape index (κ3) is 69.4. The zero-order chi connectivity index (χ0) is 4.50. The Labute approximate surface area is 116 Å². The third-order valence-corrected chi connectivity index (χ3v) is 0. The maximum Gasteiger partial charge on any atom is 0 e. The van der Waals surface area contributed by atoms with Gasteiger partial charge in [0.1, 0.15) is 0 Å². The molecule has 4 nitrogen and oxygen atoms in total. The largest absolute Gasteiger partial charge is 0 e. The van der Waals surface area contributed by atoms with Gasteiger partial charge in [0.05, 0.1) is 0 Å². The minimum Gasteiger partial charge on any atom is 0 e. The van der Waals surface area contributed by atoms with E-state index in [1.807, 2.05) is 0 Å². The van der Waals surface area contributed by atoms with Crippen molar-refractivity contribution in [3.05, 3.63) is 0 Å². The van der Waals surface area contributed by atoms with Crippen LogP contribution in [-0.2, 0) is 49.4 Å². The Kier molecular flexibility index (Phi) is 27.3. The summed E-state index contributed by atoms with van der Waals surface area (Å²) in [5.41, 5.74) is 0. The van der Waals surface area contributed by atoms with Crippen LogP contribution in [0.25, 0.3) is 0 Å². The van der Waals surface area contributed by atoms with E-state index in [1.54, 1.807) is 0 Å². The van der Waals surface area contributed by atoms with Crippen LogP contribution in [0.5, 0.6) is 0 Å². The van der Waals surface area contributed by atoms with Crippen molar-refractivity contribution in [2.45, 2.75) is 0 Å². The van der Waals surface area contributed by atoms with Gasteiger partial charge in [0.25, 0.3) is 0 Å². The van der Waals surface area contributed by atoms with E-state index in [0.717, 1.165) is 0 Å². The van der Waals surface area contributed by atoms with E-state index >= 15 is 0 Å². The molecule has 0 atom stereocenters. The van der Waals surface area contributed by atoms with Gasteiger partial charge in [-0.1, -0.05) is 0 Å². The van der Waals surface area contributed by atoms with Crippen LogP contribution in [0.4, 0.5) is 0 Å². The summed E-state index contributed by atoms with van der Waals surface area (Å²) < 4.78 is 31.6. The smallest absolute Gasteiger partial charge is 0 e. The Morgan fingerprint density at radius 3 is 1.00 bits per heavy atom. The molecule has 0 aromatic carbocycles. The Balaban J connectivity index is -0.0000000267. The summed E-state index contributed by atoms with van der Waals surface area (Å²) >= 11 is 0. The van der Waals surface area contributed by atoms with Crippen LogP contribution in [-0.4, -0.2) is 68.9 Å². The molecule has 0 bridgehead atoms. The molecule has 0 fully saturated rings. The maximum absolute atomic E-state index is 8.74. The van der Waals surface area contributed by atoms with Crippen LogP contribution in [0, 0.1) is 0 Å². The Hall–Kier alpha value is 2.75. The predicted molar refractivity (Wildman–Crippen MR) is 21.3 cm³/mol. The summed E-state index contributed by atoms with van der Waals surface area (Å²) in [5, 5.41) is 0. The van der Waals surface area contributed by atoms with Gasteiger partial charge in [-0.15, -0.1) is 0 Å².